The van der Waals surface area contributed by atoms with E-state index in [9.17, 15) is 4.79 Å². The number of benzene rings is 1. The first-order chi connectivity index (χ1) is 14.2. The van der Waals surface area contributed by atoms with E-state index in [1.54, 1.807) is 0 Å². The minimum absolute atomic E-state index is 0.108. The van der Waals surface area contributed by atoms with Crippen molar-refractivity contribution >= 4 is 50.6 Å². The number of amides is 1. The van der Waals surface area contributed by atoms with E-state index in [1.807, 2.05) is 17.5 Å². The number of nitrogens with one attached hydrogen (secondary N) is 2. The summed E-state index contributed by atoms with van der Waals surface area (Å²) in [7, 11) is 0. The Hall–Kier alpha value is -2.01. The van der Waals surface area contributed by atoms with E-state index in [0.717, 1.165) is 46.7 Å². The van der Waals surface area contributed by atoms with Crippen LogP contribution in [-0.2, 0) is 9.53 Å². The van der Waals surface area contributed by atoms with Gasteiger partial charge in [-0.2, -0.15) is 0 Å². The number of nitrogens with zero attached hydrogens (tertiary/aromatic N) is 3. The first kappa shape index (κ1) is 20.3. The van der Waals surface area contributed by atoms with Crippen molar-refractivity contribution in [3.05, 3.63) is 35.2 Å². The molecule has 1 aromatic carbocycles. The van der Waals surface area contributed by atoms with Gasteiger partial charge in [0.15, 0.2) is 9.47 Å². The maximum absolute atomic E-state index is 12.2. The van der Waals surface area contributed by atoms with Crippen molar-refractivity contribution in [3.8, 4) is 11.3 Å². The van der Waals surface area contributed by atoms with Crippen LogP contribution in [0.3, 0.4) is 0 Å². The molecule has 0 spiro atoms. The average Bonchev–Trinajstić information content (AvgIpc) is 3.47. The van der Waals surface area contributed by atoms with Gasteiger partial charge in [-0.1, -0.05) is 52.9 Å². The van der Waals surface area contributed by atoms with Gasteiger partial charge >= 0.3 is 0 Å². The predicted molar refractivity (Wildman–Crippen MR) is 119 cm³/mol. The van der Waals surface area contributed by atoms with Crippen molar-refractivity contribution in [2.45, 2.75) is 30.2 Å². The molecule has 1 atom stereocenters. The van der Waals surface area contributed by atoms with Crippen molar-refractivity contribution in [3.63, 3.8) is 0 Å². The van der Waals surface area contributed by atoms with Gasteiger partial charge < -0.3 is 15.4 Å². The second kappa shape index (κ2) is 9.66. The van der Waals surface area contributed by atoms with E-state index in [1.165, 1.54) is 40.0 Å². The summed E-state index contributed by atoms with van der Waals surface area (Å²) < 4.78 is 6.34. The van der Waals surface area contributed by atoms with E-state index < -0.39 is 0 Å². The molecule has 152 valence electrons. The molecule has 10 heteroatoms. The fourth-order valence-corrected chi connectivity index (χ4v) is 5.11. The Morgan fingerprint density at radius 3 is 2.93 bits per heavy atom. The molecule has 0 unspecified atom stereocenters. The Bertz CT molecular complexity index is 951. The highest BCUT2D eigenvalue weighted by Crippen LogP contribution is 2.27. The van der Waals surface area contributed by atoms with Crippen LogP contribution in [0.2, 0.25) is 0 Å². The van der Waals surface area contributed by atoms with Crippen LogP contribution in [0.15, 0.2) is 34.0 Å². The molecule has 7 nitrogen and oxygen atoms in total. The highest BCUT2D eigenvalue weighted by atomic mass is 32.2. The summed E-state index contributed by atoms with van der Waals surface area (Å²) in [4.78, 5) is 16.7. The van der Waals surface area contributed by atoms with Gasteiger partial charge in [0, 0.05) is 24.1 Å². The van der Waals surface area contributed by atoms with Crippen LogP contribution in [0.1, 0.15) is 18.4 Å². The zero-order chi connectivity index (χ0) is 20.1. The van der Waals surface area contributed by atoms with Crippen molar-refractivity contribution in [2.75, 3.05) is 29.5 Å². The standard InChI is InChI=1S/C19H21N5O2S3/c1-12-4-6-13(7-5-12)15-10-27-18(21-15)22-16(25)11-28-19-24-23-17(29-19)20-9-14-3-2-8-26-14/h4-7,10,14H,2-3,8-9,11H2,1H3,(H,20,23)(H,21,22,25)/t14-/m1/s1. The second-order valence-corrected chi connectivity index (χ2v) is 9.69. The van der Waals surface area contributed by atoms with E-state index in [2.05, 4.69) is 44.9 Å². The van der Waals surface area contributed by atoms with Gasteiger partial charge in [0.25, 0.3) is 0 Å². The van der Waals surface area contributed by atoms with E-state index in [-0.39, 0.29) is 17.8 Å². The number of ether oxygens (including phenoxy) is 1. The van der Waals surface area contributed by atoms with E-state index in [4.69, 9.17) is 4.74 Å². The van der Waals surface area contributed by atoms with Crippen LogP contribution in [0, 0.1) is 6.92 Å². The lowest BCUT2D eigenvalue weighted by molar-refractivity contribution is -0.113. The Labute approximate surface area is 181 Å². The highest BCUT2D eigenvalue weighted by Gasteiger charge is 2.16. The summed E-state index contributed by atoms with van der Waals surface area (Å²) in [5.41, 5.74) is 3.11. The molecule has 0 bridgehead atoms. The lowest BCUT2D eigenvalue weighted by Gasteiger charge is -2.08. The molecule has 1 fully saturated rings. The van der Waals surface area contributed by atoms with Crippen LogP contribution in [0.5, 0.6) is 0 Å². The number of thioether (sulfide) groups is 1. The summed E-state index contributed by atoms with van der Waals surface area (Å²) >= 11 is 4.24. The van der Waals surface area contributed by atoms with Gasteiger partial charge in [0.2, 0.25) is 11.0 Å². The number of rotatable bonds is 8. The number of hydrogen-bond donors (Lipinski definition) is 2. The van der Waals surface area contributed by atoms with E-state index >= 15 is 0 Å². The molecule has 1 amide bonds. The summed E-state index contributed by atoms with van der Waals surface area (Å²) in [6.07, 6.45) is 2.45. The van der Waals surface area contributed by atoms with Crippen LogP contribution < -0.4 is 10.6 Å². The Kier molecular flexibility index (Phi) is 6.75. The van der Waals surface area contributed by atoms with Crippen molar-refractivity contribution < 1.29 is 9.53 Å². The number of aromatic nitrogens is 3. The van der Waals surface area contributed by atoms with Gasteiger partial charge in [-0.15, -0.1) is 21.5 Å². The maximum atomic E-state index is 12.2. The number of carbonyl (C=O) groups is 1. The zero-order valence-corrected chi connectivity index (χ0v) is 18.3. The minimum atomic E-state index is -0.108. The Balaban J connectivity index is 1.23. The molecule has 2 aromatic heterocycles. The summed E-state index contributed by atoms with van der Waals surface area (Å²) in [5, 5.41) is 17.7. The molecular formula is C19H21N5O2S3. The highest BCUT2D eigenvalue weighted by molar-refractivity contribution is 8.01. The van der Waals surface area contributed by atoms with Gasteiger partial charge in [-0.3, -0.25) is 4.79 Å². The number of aryl methyl sites for hydroxylation is 1. The molecule has 3 aromatic rings. The molecule has 1 aliphatic heterocycles. The van der Waals surface area contributed by atoms with Gasteiger partial charge in [-0.05, 0) is 19.8 Å². The third-order valence-electron chi connectivity index (χ3n) is 4.34. The molecule has 4 rings (SSSR count). The molecule has 2 N–H and O–H groups in total. The topological polar surface area (TPSA) is 89.0 Å². The van der Waals surface area contributed by atoms with Gasteiger partial charge in [-0.25, -0.2) is 4.98 Å². The van der Waals surface area contributed by atoms with Crippen molar-refractivity contribution in [2.24, 2.45) is 0 Å². The van der Waals surface area contributed by atoms with Crippen LogP contribution in [-0.4, -0.2) is 46.1 Å². The monoisotopic (exact) mass is 447 g/mol. The quantitative estimate of drug-likeness (QED) is 0.498. The lowest BCUT2D eigenvalue weighted by atomic mass is 10.1. The zero-order valence-electron chi connectivity index (χ0n) is 15.9. The molecule has 1 aliphatic rings. The van der Waals surface area contributed by atoms with E-state index in [0.29, 0.717) is 5.13 Å². The number of carbonyl (C=O) groups excluding carboxylic acids is 1. The fraction of sp³-hybridized carbons (Fsp3) is 0.368. The maximum Gasteiger partial charge on any atom is 0.236 e. The lowest BCUT2D eigenvalue weighted by Crippen LogP contribution is -2.18. The average molecular weight is 448 g/mol. The molecule has 0 aliphatic carbocycles. The SMILES string of the molecule is Cc1ccc(-c2csc(NC(=O)CSc3nnc(NC[C@H]4CCCO4)s3)n2)cc1. The van der Waals surface area contributed by atoms with Gasteiger partial charge in [0.1, 0.15) is 0 Å². The molecule has 1 saturated heterocycles. The second-order valence-electron chi connectivity index (χ2n) is 6.63. The summed E-state index contributed by atoms with van der Waals surface area (Å²) in [6, 6.07) is 8.17. The van der Waals surface area contributed by atoms with Crippen LogP contribution >= 0.6 is 34.4 Å². The fourth-order valence-electron chi connectivity index (χ4n) is 2.82. The van der Waals surface area contributed by atoms with Crippen molar-refractivity contribution in [1.82, 2.24) is 15.2 Å². The number of hydrogen-bond acceptors (Lipinski definition) is 9. The third kappa shape index (κ3) is 5.75. The summed E-state index contributed by atoms with van der Waals surface area (Å²) in [6.45, 7) is 3.63. The predicted octanol–water partition coefficient (Wildman–Crippen LogP) is 4.29. The number of thiazole rings is 1. The molecular weight excluding hydrogens is 426 g/mol. The van der Waals surface area contributed by atoms with Crippen LogP contribution in [0.25, 0.3) is 11.3 Å². The third-order valence-corrected chi connectivity index (χ3v) is 7.11. The molecule has 29 heavy (non-hydrogen) atoms. The largest absolute Gasteiger partial charge is 0.376 e. The minimum Gasteiger partial charge on any atom is -0.376 e. The molecule has 3 heterocycles. The molecule has 0 saturated carbocycles. The first-order valence-corrected chi connectivity index (χ1v) is 12.0. The number of anilines is 2. The Morgan fingerprint density at radius 1 is 1.28 bits per heavy atom. The Morgan fingerprint density at radius 2 is 2.14 bits per heavy atom. The van der Waals surface area contributed by atoms with Crippen LogP contribution in [0.4, 0.5) is 10.3 Å². The smallest absolute Gasteiger partial charge is 0.236 e. The first-order valence-electron chi connectivity index (χ1n) is 9.30. The normalized spacial score (nSPS) is 16.1. The summed E-state index contributed by atoms with van der Waals surface area (Å²) in [5.74, 6) is 0.156. The molecule has 0 radical (unpaired) electrons. The van der Waals surface area contributed by atoms with Gasteiger partial charge in [0.05, 0.1) is 17.6 Å². The van der Waals surface area contributed by atoms with Crippen molar-refractivity contribution in [1.29, 1.82) is 0 Å².